The number of carbonyl (C=O) groups is 2. The van der Waals surface area contributed by atoms with E-state index >= 15 is 0 Å². The second kappa shape index (κ2) is 7.30. The fraction of sp³-hybridized carbons (Fsp3) is 0. The third-order valence-corrected chi connectivity index (χ3v) is 4.43. The van der Waals surface area contributed by atoms with E-state index in [9.17, 15) is 29.9 Å². The van der Waals surface area contributed by atoms with E-state index in [-0.39, 0.29) is 38.3 Å². The first-order chi connectivity index (χ1) is 12.8. The molecule has 1 saturated heterocycles. The number of aliphatic imine (C=N–C) groups is 1. The SMILES string of the molecule is O=C1NC(=Nc2ccccc2C(=O)O)S/C1=C\c1cc([N+](=O)[O-])ccc1O. The van der Waals surface area contributed by atoms with E-state index in [0.29, 0.717) is 0 Å². The van der Waals surface area contributed by atoms with Gasteiger partial charge in [0.05, 0.1) is 21.1 Å². The number of phenols is 1. The highest BCUT2D eigenvalue weighted by molar-refractivity contribution is 8.18. The van der Waals surface area contributed by atoms with E-state index in [4.69, 9.17) is 0 Å². The first kappa shape index (κ1) is 18.1. The number of aromatic carboxylic acids is 1. The first-order valence-electron chi connectivity index (χ1n) is 7.44. The van der Waals surface area contributed by atoms with Crippen molar-refractivity contribution in [3.05, 3.63) is 68.6 Å². The summed E-state index contributed by atoms with van der Waals surface area (Å²) in [4.78, 5) is 37.9. The lowest BCUT2D eigenvalue weighted by Gasteiger charge is -2.01. The van der Waals surface area contributed by atoms with Crippen molar-refractivity contribution in [2.75, 3.05) is 0 Å². The normalized spacial score (nSPS) is 16.5. The maximum Gasteiger partial charge on any atom is 0.337 e. The number of phenolic OH excluding ortho intramolecular Hbond substituents is 1. The van der Waals surface area contributed by atoms with Gasteiger partial charge in [-0.3, -0.25) is 14.9 Å². The van der Waals surface area contributed by atoms with Gasteiger partial charge in [-0.05, 0) is 36.0 Å². The van der Waals surface area contributed by atoms with Gasteiger partial charge >= 0.3 is 5.97 Å². The number of carboxylic acids is 1. The number of para-hydroxylation sites is 1. The minimum atomic E-state index is -1.15. The van der Waals surface area contributed by atoms with Gasteiger partial charge in [0.2, 0.25) is 0 Å². The molecule has 0 saturated carbocycles. The molecule has 1 heterocycles. The molecular formula is C17H11N3O6S. The molecule has 10 heteroatoms. The molecule has 1 fully saturated rings. The average Bonchev–Trinajstić information content (AvgIpc) is 2.96. The maximum absolute atomic E-state index is 12.1. The largest absolute Gasteiger partial charge is 0.507 e. The van der Waals surface area contributed by atoms with E-state index in [1.165, 1.54) is 24.3 Å². The number of nitrogens with one attached hydrogen (secondary N) is 1. The molecule has 1 amide bonds. The van der Waals surface area contributed by atoms with E-state index in [0.717, 1.165) is 23.9 Å². The van der Waals surface area contributed by atoms with E-state index < -0.39 is 16.8 Å². The minimum Gasteiger partial charge on any atom is -0.507 e. The van der Waals surface area contributed by atoms with Gasteiger partial charge in [0.15, 0.2) is 5.17 Å². The van der Waals surface area contributed by atoms with Gasteiger partial charge in [0, 0.05) is 17.7 Å². The number of carboxylic acid groups (broad SMARTS) is 1. The van der Waals surface area contributed by atoms with E-state index in [1.807, 2.05) is 0 Å². The summed E-state index contributed by atoms with van der Waals surface area (Å²) in [6.45, 7) is 0. The number of amidine groups is 1. The number of rotatable bonds is 4. The first-order valence-corrected chi connectivity index (χ1v) is 8.26. The van der Waals surface area contributed by atoms with Gasteiger partial charge < -0.3 is 15.5 Å². The number of nitro benzene ring substituents is 1. The highest BCUT2D eigenvalue weighted by Gasteiger charge is 2.25. The molecule has 2 aromatic carbocycles. The third kappa shape index (κ3) is 3.96. The number of hydrogen-bond acceptors (Lipinski definition) is 7. The molecule has 0 bridgehead atoms. The van der Waals surface area contributed by atoms with Crippen LogP contribution in [0, 0.1) is 10.1 Å². The van der Waals surface area contributed by atoms with Gasteiger partial charge in [-0.15, -0.1) is 0 Å². The molecule has 9 nitrogen and oxygen atoms in total. The zero-order chi connectivity index (χ0) is 19.6. The monoisotopic (exact) mass is 385 g/mol. The molecule has 0 unspecified atom stereocenters. The van der Waals surface area contributed by atoms with Crippen LogP contribution in [-0.2, 0) is 4.79 Å². The van der Waals surface area contributed by atoms with Crippen molar-refractivity contribution in [2.45, 2.75) is 0 Å². The predicted molar refractivity (Wildman–Crippen MR) is 99.0 cm³/mol. The Morgan fingerprint density at radius 2 is 2.00 bits per heavy atom. The molecular weight excluding hydrogens is 374 g/mol. The molecule has 0 aromatic heterocycles. The zero-order valence-electron chi connectivity index (χ0n) is 13.4. The predicted octanol–water partition coefficient (Wildman–Crippen LogP) is 2.89. The molecule has 27 heavy (non-hydrogen) atoms. The smallest absolute Gasteiger partial charge is 0.337 e. The summed E-state index contributed by atoms with van der Waals surface area (Å²) in [7, 11) is 0. The van der Waals surface area contributed by atoms with Gasteiger partial charge in [-0.1, -0.05) is 12.1 Å². The van der Waals surface area contributed by atoms with Crippen molar-refractivity contribution >= 4 is 46.3 Å². The molecule has 1 aliphatic heterocycles. The summed E-state index contributed by atoms with van der Waals surface area (Å²) < 4.78 is 0. The lowest BCUT2D eigenvalue weighted by molar-refractivity contribution is -0.384. The van der Waals surface area contributed by atoms with Crippen LogP contribution >= 0.6 is 11.8 Å². The van der Waals surface area contributed by atoms with E-state index in [1.54, 1.807) is 12.1 Å². The number of thioether (sulfide) groups is 1. The lowest BCUT2D eigenvalue weighted by atomic mass is 10.1. The summed E-state index contributed by atoms with van der Waals surface area (Å²) in [5.74, 6) is -1.89. The Labute approximate surface area is 156 Å². The highest BCUT2D eigenvalue weighted by Crippen LogP contribution is 2.32. The Balaban J connectivity index is 1.93. The molecule has 0 radical (unpaired) electrons. The van der Waals surface area contributed by atoms with Gasteiger partial charge in [-0.25, -0.2) is 9.79 Å². The van der Waals surface area contributed by atoms with Crippen LogP contribution in [0.5, 0.6) is 5.75 Å². The number of amides is 1. The Morgan fingerprint density at radius 1 is 1.26 bits per heavy atom. The highest BCUT2D eigenvalue weighted by atomic mass is 32.2. The van der Waals surface area contributed by atoms with Crippen LogP contribution in [0.4, 0.5) is 11.4 Å². The Bertz CT molecular complexity index is 1030. The number of aromatic hydroxyl groups is 1. The number of carbonyl (C=O) groups excluding carboxylic acids is 1. The van der Waals surface area contributed by atoms with Crippen molar-refractivity contribution in [1.82, 2.24) is 5.32 Å². The molecule has 3 N–H and O–H groups in total. The number of non-ortho nitro benzene ring substituents is 1. The molecule has 0 spiro atoms. The average molecular weight is 385 g/mol. The van der Waals surface area contributed by atoms with Crippen LogP contribution < -0.4 is 5.32 Å². The lowest BCUT2D eigenvalue weighted by Crippen LogP contribution is -2.19. The van der Waals surface area contributed by atoms with Crippen molar-refractivity contribution in [1.29, 1.82) is 0 Å². The molecule has 1 aliphatic rings. The summed E-state index contributed by atoms with van der Waals surface area (Å²) >= 11 is 0.928. The minimum absolute atomic E-state index is 0.0198. The fourth-order valence-electron chi connectivity index (χ4n) is 2.25. The molecule has 3 rings (SSSR count). The molecule has 0 aliphatic carbocycles. The maximum atomic E-state index is 12.1. The van der Waals surface area contributed by atoms with Crippen molar-refractivity contribution < 1.29 is 24.7 Å². The van der Waals surface area contributed by atoms with Crippen LogP contribution in [0.3, 0.4) is 0 Å². The summed E-state index contributed by atoms with van der Waals surface area (Å²) in [6, 6.07) is 9.52. The Morgan fingerprint density at radius 3 is 2.70 bits per heavy atom. The Kier molecular flexibility index (Phi) is 4.90. The van der Waals surface area contributed by atoms with E-state index in [2.05, 4.69) is 10.3 Å². The second-order valence-corrected chi connectivity index (χ2v) is 6.33. The number of benzene rings is 2. The topological polar surface area (TPSA) is 142 Å². The number of hydrogen-bond donors (Lipinski definition) is 3. The Hall–Kier alpha value is -3.66. The van der Waals surface area contributed by atoms with Gasteiger partial charge in [0.1, 0.15) is 5.75 Å². The third-order valence-electron chi connectivity index (χ3n) is 3.52. The standard InChI is InChI=1S/C17H11N3O6S/c21-13-6-5-10(20(25)26)7-9(13)8-14-15(22)19-17(27-14)18-12-4-2-1-3-11(12)16(23)24/h1-8,21H,(H,23,24)(H,18,19,22)/b14-8-. The van der Waals surface area contributed by atoms with Crippen LogP contribution in [0.15, 0.2) is 52.4 Å². The fourth-order valence-corrected chi connectivity index (χ4v) is 3.08. The molecule has 2 aromatic rings. The van der Waals surface area contributed by atoms with Crippen molar-refractivity contribution in [3.63, 3.8) is 0 Å². The number of nitrogens with zero attached hydrogens (tertiary/aromatic N) is 2. The summed E-state index contributed by atoms with van der Waals surface area (Å²) in [5, 5.41) is 32.6. The quantitative estimate of drug-likeness (QED) is 0.417. The van der Waals surface area contributed by atoms with Crippen LogP contribution in [0.2, 0.25) is 0 Å². The van der Waals surface area contributed by atoms with Crippen LogP contribution in [-0.4, -0.2) is 32.2 Å². The summed E-state index contributed by atoms with van der Waals surface area (Å²) in [6.07, 6.45) is 1.30. The van der Waals surface area contributed by atoms with Gasteiger partial charge in [0.25, 0.3) is 11.6 Å². The van der Waals surface area contributed by atoms with Crippen LogP contribution in [0.25, 0.3) is 6.08 Å². The van der Waals surface area contributed by atoms with Crippen LogP contribution in [0.1, 0.15) is 15.9 Å². The molecule has 0 atom stereocenters. The zero-order valence-corrected chi connectivity index (χ0v) is 14.3. The van der Waals surface area contributed by atoms with Crippen molar-refractivity contribution in [3.8, 4) is 5.75 Å². The number of nitro groups is 1. The van der Waals surface area contributed by atoms with Gasteiger partial charge in [-0.2, -0.15) is 0 Å². The molecule has 136 valence electrons. The second-order valence-electron chi connectivity index (χ2n) is 5.30. The summed E-state index contributed by atoms with van der Waals surface area (Å²) in [5.41, 5.74) is 0.0298. The van der Waals surface area contributed by atoms with Crippen molar-refractivity contribution in [2.24, 2.45) is 4.99 Å².